The van der Waals surface area contributed by atoms with Crippen molar-refractivity contribution < 1.29 is 4.79 Å². The van der Waals surface area contributed by atoms with Crippen LogP contribution in [0.5, 0.6) is 0 Å². The molecule has 2 aromatic rings. The summed E-state index contributed by atoms with van der Waals surface area (Å²) in [5, 5.41) is 8.00. The minimum Gasteiger partial charge on any atom is -0.298 e. The highest BCUT2D eigenvalue weighted by atomic mass is 16.1. The molecule has 0 saturated carbocycles. The number of carbonyl (C=O) groups excluding carboxylic acids is 1. The Labute approximate surface area is 74.6 Å². The molecule has 5 heteroatoms. The summed E-state index contributed by atoms with van der Waals surface area (Å²) < 4.78 is 3.29. The maximum absolute atomic E-state index is 10.4. The van der Waals surface area contributed by atoms with E-state index in [2.05, 4.69) is 10.2 Å². The lowest BCUT2D eigenvalue weighted by Gasteiger charge is -1.92. The van der Waals surface area contributed by atoms with Crippen molar-refractivity contribution in [1.29, 1.82) is 0 Å². The van der Waals surface area contributed by atoms with E-state index in [4.69, 9.17) is 0 Å². The van der Waals surface area contributed by atoms with Crippen molar-refractivity contribution in [2.24, 2.45) is 7.05 Å². The minimum absolute atomic E-state index is 0.559. The van der Waals surface area contributed by atoms with Crippen molar-refractivity contribution in [2.45, 2.75) is 0 Å². The Balaban J connectivity index is 2.40. The van der Waals surface area contributed by atoms with Crippen LogP contribution in [0.2, 0.25) is 0 Å². The van der Waals surface area contributed by atoms with E-state index in [1.807, 2.05) is 13.2 Å². The molecule has 66 valence electrons. The molecule has 0 aliphatic carbocycles. The number of aldehydes is 1. The molecule has 0 bridgehead atoms. The second-order valence-electron chi connectivity index (χ2n) is 2.71. The van der Waals surface area contributed by atoms with Crippen molar-refractivity contribution in [1.82, 2.24) is 19.6 Å². The molecule has 13 heavy (non-hydrogen) atoms. The summed E-state index contributed by atoms with van der Waals surface area (Å²) in [6, 6.07) is 0. The fourth-order valence-electron chi connectivity index (χ4n) is 1.07. The third-order valence-corrected chi connectivity index (χ3v) is 1.69. The number of nitrogens with zero attached hydrogens (tertiary/aromatic N) is 4. The number of aryl methyl sites for hydroxylation is 1. The smallest absolute Gasteiger partial charge is 0.153 e. The predicted octanol–water partition coefficient (Wildman–Crippen LogP) is 0.418. The van der Waals surface area contributed by atoms with Crippen molar-refractivity contribution in [3.8, 4) is 5.69 Å². The van der Waals surface area contributed by atoms with Crippen LogP contribution < -0.4 is 0 Å². The quantitative estimate of drug-likeness (QED) is 0.623. The van der Waals surface area contributed by atoms with E-state index in [0.717, 1.165) is 12.0 Å². The van der Waals surface area contributed by atoms with E-state index in [0.29, 0.717) is 5.56 Å². The van der Waals surface area contributed by atoms with E-state index >= 15 is 0 Å². The highest BCUT2D eigenvalue weighted by Crippen LogP contribution is 2.04. The van der Waals surface area contributed by atoms with E-state index in [9.17, 15) is 4.79 Å². The zero-order valence-corrected chi connectivity index (χ0v) is 7.08. The third-order valence-electron chi connectivity index (χ3n) is 1.69. The van der Waals surface area contributed by atoms with E-state index in [1.165, 1.54) is 6.20 Å². The maximum atomic E-state index is 10.4. The molecule has 0 unspecified atom stereocenters. The molecule has 2 rings (SSSR count). The summed E-state index contributed by atoms with van der Waals surface area (Å²) in [7, 11) is 1.83. The summed E-state index contributed by atoms with van der Waals surface area (Å²) in [5.41, 5.74) is 1.40. The highest BCUT2D eigenvalue weighted by molar-refractivity contribution is 5.73. The summed E-state index contributed by atoms with van der Waals surface area (Å²) >= 11 is 0. The second-order valence-corrected chi connectivity index (χ2v) is 2.71. The summed E-state index contributed by atoms with van der Waals surface area (Å²) in [4.78, 5) is 10.4. The van der Waals surface area contributed by atoms with Gasteiger partial charge < -0.3 is 0 Å². The Bertz CT molecular complexity index is 429. The first-order chi connectivity index (χ1) is 6.29. The Morgan fingerprint density at radius 3 is 2.69 bits per heavy atom. The molecule has 0 saturated heterocycles. The summed E-state index contributed by atoms with van der Waals surface area (Å²) in [5.74, 6) is 0. The fraction of sp³-hybridized carbons (Fsp3) is 0.125. The van der Waals surface area contributed by atoms with Gasteiger partial charge in [0.25, 0.3) is 0 Å². The lowest BCUT2D eigenvalue weighted by molar-refractivity contribution is 0.112. The number of hydrogen-bond donors (Lipinski definition) is 0. The van der Waals surface area contributed by atoms with Crippen molar-refractivity contribution in [2.75, 3.05) is 0 Å². The van der Waals surface area contributed by atoms with Crippen LogP contribution in [0.3, 0.4) is 0 Å². The van der Waals surface area contributed by atoms with Gasteiger partial charge in [0.15, 0.2) is 6.29 Å². The minimum atomic E-state index is 0.559. The molecule has 0 radical (unpaired) electrons. The molecule has 0 fully saturated rings. The molecule has 0 aromatic carbocycles. The highest BCUT2D eigenvalue weighted by Gasteiger charge is 2.00. The first-order valence-electron chi connectivity index (χ1n) is 3.78. The van der Waals surface area contributed by atoms with Crippen LogP contribution in [-0.4, -0.2) is 25.8 Å². The average molecular weight is 176 g/mol. The molecule has 0 N–H and O–H groups in total. The SMILES string of the molecule is Cn1cc(-n2cc(C=O)cn2)cn1. The monoisotopic (exact) mass is 176 g/mol. The van der Waals surface area contributed by atoms with Crippen LogP contribution in [0.25, 0.3) is 5.69 Å². The normalized spacial score (nSPS) is 10.2. The molecule has 0 spiro atoms. The average Bonchev–Trinajstić information content (AvgIpc) is 2.71. The lowest BCUT2D eigenvalue weighted by Crippen LogP contribution is -1.91. The standard InChI is InChI=1S/C8H8N4O/c1-11-5-8(3-9-11)12-4-7(6-13)2-10-12/h2-6H,1H3. The van der Waals surface area contributed by atoms with Crippen molar-refractivity contribution in [3.05, 3.63) is 30.4 Å². The number of hydrogen-bond acceptors (Lipinski definition) is 3. The van der Waals surface area contributed by atoms with Gasteiger partial charge in [-0.25, -0.2) is 4.68 Å². The van der Waals surface area contributed by atoms with Crippen molar-refractivity contribution in [3.63, 3.8) is 0 Å². The summed E-state index contributed by atoms with van der Waals surface area (Å²) in [6.45, 7) is 0. The van der Waals surface area contributed by atoms with Crippen LogP contribution in [0, 0.1) is 0 Å². The van der Waals surface area contributed by atoms with E-state index < -0.39 is 0 Å². The molecule has 0 aliphatic rings. The van der Waals surface area contributed by atoms with Gasteiger partial charge in [0.2, 0.25) is 0 Å². The zero-order valence-electron chi connectivity index (χ0n) is 7.08. The predicted molar refractivity (Wildman–Crippen MR) is 45.7 cm³/mol. The molecule has 2 aromatic heterocycles. The largest absolute Gasteiger partial charge is 0.298 e. The molecule has 0 amide bonds. The van der Waals surface area contributed by atoms with Gasteiger partial charge in [-0.15, -0.1) is 0 Å². The zero-order chi connectivity index (χ0) is 9.26. The van der Waals surface area contributed by atoms with E-state index in [1.54, 1.807) is 21.8 Å². The molecular formula is C8H8N4O. The van der Waals surface area contributed by atoms with Gasteiger partial charge in [-0.05, 0) is 0 Å². The Morgan fingerprint density at radius 2 is 2.15 bits per heavy atom. The van der Waals surface area contributed by atoms with Gasteiger partial charge >= 0.3 is 0 Å². The van der Waals surface area contributed by atoms with Gasteiger partial charge in [0.1, 0.15) is 5.69 Å². The van der Waals surface area contributed by atoms with Crippen molar-refractivity contribution >= 4 is 6.29 Å². The first-order valence-corrected chi connectivity index (χ1v) is 3.78. The Kier molecular flexibility index (Phi) is 1.70. The van der Waals surface area contributed by atoms with Gasteiger partial charge in [-0.2, -0.15) is 10.2 Å². The maximum Gasteiger partial charge on any atom is 0.153 e. The van der Waals surface area contributed by atoms with Gasteiger partial charge in [0, 0.05) is 13.2 Å². The number of carbonyl (C=O) groups is 1. The molecule has 5 nitrogen and oxygen atoms in total. The Hall–Kier alpha value is -1.91. The van der Waals surface area contributed by atoms with Crippen LogP contribution in [0.15, 0.2) is 24.8 Å². The van der Waals surface area contributed by atoms with Gasteiger partial charge in [-0.1, -0.05) is 0 Å². The number of rotatable bonds is 2. The topological polar surface area (TPSA) is 52.7 Å². The lowest BCUT2D eigenvalue weighted by atomic mass is 10.4. The molecular weight excluding hydrogens is 168 g/mol. The van der Waals surface area contributed by atoms with E-state index in [-0.39, 0.29) is 0 Å². The second kappa shape index (κ2) is 2.85. The Morgan fingerprint density at radius 1 is 1.31 bits per heavy atom. The fourth-order valence-corrected chi connectivity index (χ4v) is 1.07. The van der Waals surface area contributed by atoms with Crippen LogP contribution >= 0.6 is 0 Å². The number of aromatic nitrogens is 4. The molecule has 0 atom stereocenters. The van der Waals surface area contributed by atoms with Crippen LogP contribution in [0.1, 0.15) is 10.4 Å². The summed E-state index contributed by atoms with van der Waals surface area (Å²) in [6.07, 6.45) is 7.44. The molecule has 2 heterocycles. The molecule has 0 aliphatic heterocycles. The van der Waals surface area contributed by atoms with Crippen LogP contribution in [0.4, 0.5) is 0 Å². The van der Waals surface area contributed by atoms with Gasteiger partial charge in [-0.3, -0.25) is 9.48 Å². The first kappa shape index (κ1) is 7.72. The third kappa shape index (κ3) is 1.35. The van der Waals surface area contributed by atoms with Gasteiger partial charge in [0.05, 0.1) is 24.2 Å². The van der Waals surface area contributed by atoms with Crippen LogP contribution in [-0.2, 0) is 7.05 Å².